The van der Waals surface area contributed by atoms with Crippen LogP contribution in [0.15, 0.2) is 90.2 Å². The van der Waals surface area contributed by atoms with Gasteiger partial charge in [-0.3, -0.25) is 14.9 Å². The number of hydrazone groups is 1. The summed E-state index contributed by atoms with van der Waals surface area (Å²) in [6.45, 7) is 3.05. The molecule has 0 saturated carbocycles. The maximum Gasteiger partial charge on any atom is 0.257 e. The predicted octanol–water partition coefficient (Wildman–Crippen LogP) is 4.83. The van der Waals surface area contributed by atoms with E-state index in [-0.39, 0.29) is 18.2 Å². The van der Waals surface area contributed by atoms with Crippen molar-refractivity contribution in [2.75, 3.05) is 11.9 Å². The number of aromatic nitrogens is 3. The fraction of sp³-hybridized carbons (Fsp3) is 0.138. The van der Waals surface area contributed by atoms with Crippen LogP contribution in [-0.4, -0.2) is 39.4 Å². The molecule has 0 atom stereocenters. The van der Waals surface area contributed by atoms with Crippen LogP contribution in [0, 0.1) is 6.92 Å². The molecule has 0 aliphatic carbocycles. The molecule has 0 bridgehead atoms. The van der Waals surface area contributed by atoms with Crippen LogP contribution in [0.4, 0.5) is 5.13 Å². The van der Waals surface area contributed by atoms with Gasteiger partial charge in [-0.25, -0.2) is 5.43 Å². The van der Waals surface area contributed by atoms with Crippen LogP contribution in [0.5, 0.6) is 5.75 Å². The van der Waals surface area contributed by atoms with Crippen molar-refractivity contribution in [2.24, 2.45) is 5.10 Å². The Kier molecular flexibility index (Phi) is 8.03. The van der Waals surface area contributed by atoms with Gasteiger partial charge >= 0.3 is 0 Å². The number of fused-ring (bicyclic) bond motifs is 1. The van der Waals surface area contributed by atoms with Crippen molar-refractivity contribution in [3.63, 3.8) is 0 Å². The van der Waals surface area contributed by atoms with Gasteiger partial charge in [0, 0.05) is 28.2 Å². The summed E-state index contributed by atoms with van der Waals surface area (Å²) >= 11 is 1.15. The third kappa shape index (κ3) is 6.55. The minimum Gasteiger partial charge on any atom is -0.492 e. The maximum absolute atomic E-state index is 12.5. The van der Waals surface area contributed by atoms with Crippen LogP contribution in [0.25, 0.3) is 10.9 Å². The van der Waals surface area contributed by atoms with E-state index in [9.17, 15) is 9.59 Å². The number of amides is 2. The molecule has 0 spiro atoms. The molecule has 5 aromatic rings. The number of nitrogens with zero attached hydrogens (tertiary/aromatic N) is 4. The van der Waals surface area contributed by atoms with Crippen molar-refractivity contribution in [1.82, 2.24) is 20.2 Å². The van der Waals surface area contributed by atoms with Gasteiger partial charge in [-0.2, -0.15) is 5.10 Å². The van der Waals surface area contributed by atoms with Crippen molar-refractivity contribution in [3.8, 4) is 5.75 Å². The minimum atomic E-state index is -0.334. The molecule has 9 nitrogen and oxygen atoms in total. The first-order valence-electron chi connectivity index (χ1n) is 12.3. The molecule has 10 heteroatoms. The smallest absolute Gasteiger partial charge is 0.257 e. The minimum absolute atomic E-state index is 0.00612. The number of ether oxygens (including phenoxy) is 1. The molecule has 3 aromatic carbocycles. The highest BCUT2D eigenvalue weighted by molar-refractivity contribution is 7.15. The van der Waals surface area contributed by atoms with E-state index >= 15 is 0 Å². The number of benzene rings is 3. The number of para-hydroxylation sites is 2. The van der Waals surface area contributed by atoms with Gasteiger partial charge < -0.3 is 9.30 Å². The van der Waals surface area contributed by atoms with Crippen LogP contribution >= 0.6 is 11.3 Å². The summed E-state index contributed by atoms with van der Waals surface area (Å²) < 4.78 is 7.95. The summed E-state index contributed by atoms with van der Waals surface area (Å²) in [5.74, 6) is 0.226. The molecule has 0 unspecified atom stereocenters. The number of hydrogen-bond donors (Lipinski definition) is 2. The Labute approximate surface area is 229 Å². The number of hydrogen-bond acceptors (Lipinski definition) is 7. The Bertz CT molecular complexity index is 1630. The molecular weight excluding hydrogens is 512 g/mol. The van der Waals surface area contributed by atoms with Gasteiger partial charge in [-0.05, 0) is 36.8 Å². The summed E-state index contributed by atoms with van der Waals surface area (Å²) in [6, 6.07) is 25.0. The van der Waals surface area contributed by atoms with E-state index in [1.54, 1.807) is 18.3 Å². The number of rotatable bonds is 10. The van der Waals surface area contributed by atoms with Gasteiger partial charge in [0.15, 0.2) is 0 Å². The van der Waals surface area contributed by atoms with E-state index < -0.39 is 0 Å². The highest BCUT2D eigenvalue weighted by Crippen LogP contribution is 2.21. The Hall–Kier alpha value is -4.83. The summed E-state index contributed by atoms with van der Waals surface area (Å²) in [5, 5.41) is 16.7. The fourth-order valence-electron chi connectivity index (χ4n) is 4.06. The average molecular weight is 539 g/mol. The second-order valence-electron chi connectivity index (χ2n) is 8.70. The quantitative estimate of drug-likeness (QED) is 0.196. The standard InChI is InChI=1S/C29H26N6O3S/c1-20-9-5-6-12-23(20)28(37)31-29-34-33-27(39-29)17-26(36)32-30-18-21-19-35(25-14-8-7-13-24(21)25)15-16-38-22-10-3-2-4-11-22/h2-14,18-19H,15-17H2,1H3,(H,32,36)(H,31,34,37). The van der Waals surface area contributed by atoms with Crippen LogP contribution in [0.3, 0.4) is 0 Å². The molecule has 0 fully saturated rings. The second kappa shape index (κ2) is 12.1. The monoisotopic (exact) mass is 538 g/mol. The van der Waals surface area contributed by atoms with E-state index in [0.717, 1.165) is 39.1 Å². The van der Waals surface area contributed by atoms with Gasteiger partial charge in [0.05, 0.1) is 19.2 Å². The van der Waals surface area contributed by atoms with Crippen LogP contribution in [0.2, 0.25) is 0 Å². The third-order valence-corrected chi connectivity index (χ3v) is 6.78. The number of carbonyl (C=O) groups is 2. The summed E-state index contributed by atoms with van der Waals surface area (Å²) in [6.07, 6.45) is 3.61. The lowest BCUT2D eigenvalue weighted by molar-refractivity contribution is -0.120. The highest BCUT2D eigenvalue weighted by atomic mass is 32.1. The first-order valence-corrected chi connectivity index (χ1v) is 13.2. The number of aryl methyl sites for hydroxylation is 1. The summed E-state index contributed by atoms with van der Waals surface area (Å²) in [5.41, 5.74) is 5.90. The molecule has 2 N–H and O–H groups in total. The van der Waals surface area contributed by atoms with Crippen molar-refractivity contribution in [3.05, 3.63) is 107 Å². The largest absolute Gasteiger partial charge is 0.492 e. The molecule has 2 aromatic heterocycles. The van der Waals surface area contributed by atoms with Crippen molar-refractivity contribution in [2.45, 2.75) is 19.9 Å². The van der Waals surface area contributed by atoms with E-state index in [0.29, 0.717) is 28.9 Å². The van der Waals surface area contributed by atoms with Gasteiger partial charge in [-0.1, -0.05) is 65.9 Å². The zero-order chi connectivity index (χ0) is 27.0. The molecule has 5 rings (SSSR count). The van der Waals surface area contributed by atoms with Crippen molar-refractivity contribution >= 4 is 45.4 Å². The van der Waals surface area contributed by atoms with Crippen LogP contribution < -0.4 is 15.5 Å². The van der Waals surface area contributed by atoms with E-state index in [1.165, 1.54) is 0 Å². The van der Waals surface area contributed by atoms with Gasteiger partial charge in [0.25, 0.3) is 5.91 Å². The molecule has 0 radical (unpaired) electrons. The molecule has 2 heterocycles. The zero-order valence-electron chi connectivity index (χ0n) is 21.2. The average Bonchev–Trinajstić information content (AvgIpc) is 3.53. The molecule has 0 aliphatic heterocycles. The van der Waals surface area contributed by atoms with E-state index in [1.807, 2.05) is 79.9 Å². The van der Waals surface area contributed by atoms with Gasteiger partial charge in [-0.15, -0.1) is 10.2 Å². The third-order valence-electron chi connectivity index (χ3n) is 5.95. The SMILES string of the molecule is Cc1ccccc1C(=O)Nc1nnc(CC(=O)NN=Cc2cn(CCOc3ccccc3)c3ccccc23)s1. The number of nitrogens with one attached hydrogen (secondary N) is 2. The Balaban J connectivity index is 1.16. The predicted molar refractivity (Wildman–Crippen MR) is 152 cm³/mol. The Morgan fingerprint density at radius 2 is 1.77 bits per heavy atom. The number of carbonyl (C=O) groups excluding carboxylic acids is 2. The zero-order valence-corrected chi connectivity index (χ0v) is 22.0. The topological polar surface area (TPSA) is 111 Å². The van der Waals surface area contributed by atoms with Crippen LogP contribution in [0.1, 0.15) is 26.5 Å². The Morgan fingerprint density at radius 3 is 2.62 bits per heavy atom. The van der Waals surface area contributed by atoms with Gasteiger partial charge in [0.2, 0.25) is 11.0 Å². The van der Waals surface area contributed by atoms with Crippen molar-refractivity contribution < 1.29 is 14.3 Å². The van der Waals surface area contributed by atoms with E-state index in [2.05, 4.69) is 30.6 Å². The number of anilines is 1. The molecule has 0 saturated heterocycles. The fourth-order valence-corrected chi connectivity index (χ4v) is 4.79. The molecule has 196 valence electrons. The molecule has 2 amide bonds. The summed E-state index contributed by atoms with van der Waals surface area (Å²) in [4.78, 5) is 24.9. The first kappa shape index (κ1) is 25.8. The lowest BCUT2D eigenvalue weighted by atomic mass is 10.1. The highest BCUT2D eigenvalue weighted by Gasteiger charge is 2.14. The van der Waals surface area contributed by atoms with E-state index in [4.69, 9.17) is 4.74 Å². The lowest BCUT2D eigenvalue weighted by Gasteiger charge is -2.08. The first-order chi connectivity index (χ1) is 19.1. The van der Waals surface area contributed by atoms with Crippen molar-refractivity contribution in [1.29, 1.82) is 0 Å². The van der Waals surface area contributed by atoms with Crippen LogP contribution in [-0.2, 0) is 17.8 Å². The molecule has 0 aliphatic rings. The maximum atomic E-state index is 12.5. The molecule has 39 heavy (non-hydrogen) atoms. The normalized spacial score (nSPS) is 11.1. The second-order valence-corrected chi connectivity index (χ2v) is 9.76. The Morgan fingerprint density at radius 1 is 1.00 bits per heavy atom. The van der Waals surface area contributed by atoms with Gasteiger partial charge in [0.1, 0.15) is 17.4 Å². The summed E-state index contributed by atoms with van der Waals surface area (Å²) in [7, 11) is 0. The molecular formula is C29H26N6O3S. The lowest BCUT2D eigenvalue weighted by Crippen LogP contribution is -2.19.